The number of amides is 1. The van der Waals surface area contributed by atoms with E-state index < -0.39 is 0 Å². The number of aromatic nitrogens is 2. The second-order valence-electron chi connectivity index (χ2n) is 6.54. The van der Waals surface area contributed by atoms with Crippen LogP contribution in [0.2, 0.25) is 0 Å². The van der Waals surface area contributed by atoms with Crippen molar-refractivity contribution >= 4 is 17.5 Å². The maximum atomic E-state index is 12.5. The first-order valence-electron chi connectivity index (χ1n) is 8.66. The zero-order valence-electron chi connectivity index (χ0n) is 15.1. The van der Waals surface area contributed by atoms with Gasteiger partial charge in [-0.1, -0.05) is 17.7 Å². The maximum Gasteiger partial charge on any atom is 0.241 e. The molecule has 1 amide bonds. The monoisotopic (exact) mass is 339 g/mol. The van der Waals surface area contributed by atoms with Crippen LogP contribution in [0.15, 0.2) is 30.6 Å². The van der Waals surface area contributed by atoms with Crippen molar-refractivity contribution in [3.63, 3.8) is 0 Å². The molecule has 0 radical (unpaired) electrons. The zero-order valence-corrected chi connectivity index (χ0v) is 15.1. The van der Waals surface area contributed by atoms with Crippen molar-refractivity contribution in [2.24, 2.45) is 0 Å². The number of piperazine rings is 1. The Hall–Kier alpha value is -2.63. The molecule has 0 spiro atoms. The number of hydrogen-bond acceptors (Lipinski definition) is 5. The molecule has 3 rings (SSSR count). The Morgan fingerprint density at radius 3 is 2.24 bits per heavy atom. The van der Waals surface area contributed by atoms with E-state index in [1.165, 1.54) is 16.7 Å². The van der Waals surface area contributed by atoms with Crippen LogP contribution in [0.4, 0.5) is 11.6 Å². The lowest BCUT2D eigenvalue weighted by Gasteiger charge is -2.34. The second kappa shape index (κ2) is 7.51. The number of aryl methyl sites for hydroxylation is 3. The lowest BCUT2D eigenvalue weighted by Crippen LogP contribution is -2.50. The molecule has 0 saturated carbocycles. The number of hydrogen-bond donors (Lipinski definition) is 1. The summed E-state index contributed by atoms with van der Waals surface area (Å²) in [5.41, 5.74) is 4.66. The molecule has 6 heteroatoms. The number of benzene rings is 1. The fourth-order valence-electron chi connectivity index (χ4n) is 3.35. The summed E-state index contributed by atoms with van der Waals surface area (Å²) in [6.45, 7) is 9.49. The van der Waals surface area contributed by atoms with Crippen LogP contribution in [0.3, 0.4) is 0 Å². The summed E-state index contributed by atoms with van der Waals surface area (Å²) in [5.74, 6) is 0.867. The third kappa shape index (κ3) is 4.07. The van der Waals surface area contributed by atoms with Gasteiger partial charge in [0.15, 0.2) is 0 Å². The van der Waals surface area contributed by atoms with Crippen molar-refractivity contribution in [2.45, 2.75) is 20.8 Å². The van der Waals surface area contributed by atoms with Crippen LogP contribution in [0.5, 0.6) is 0 Å². The van der Waals surface area contributed by atoms with Crippen molar-refractivity contribution in [1.29, 1.82) is 0 Å². The van der Waals surface area contributed by atoms with Gasteiger partial charge in [0.25, 0.3) is 0 Å². The van der Waals surface area contributed by atoms with Gasteiger partial charge in [0.2, 0.25) is 11.9 Å². The Bertz CT molecular complexity index is 716. The summed E-state index contributed by atoms with van der Waals surface area (Å²) < 4.78 is 0. The summed E-state index contributed by atoms with van der Waals surface area (Å²) in [5, 5.41) is 3.32. The van der Waals surface area contributed by atoms with Crippen molar-refractivity contribution in [3.8, 4) is 0 Å². The molecule has 1 aliphatic rings. The van der Waals surface area contributed by atoms with E-state index in [2.05, 4.69) is 53.1 Å². The predicted octanol–water partition coefficient (Wildman–Crippen LogP) is 2.16. The largest absolute Gasteiger partial charge is 0.376 e. The first kappa shape index (κ1) is 17.2. The third-order valence-corrected chi connectivity index (χ3v) is 4.56. The van der Waals surface area contributed by atoms with E-state index in [9.17, 15) is 4.79 Å². The highest BCUT2D eigenvalue weighted by Crippen LogP contribution is 2.21. The van der Waals surface area contributed by atoms with E-state index >= 15 is 0 Å². The summed E-state index contributed by atoms with van der Waals surface area (Å²) >= 11 is 0. The van der Waals surface area contributed by atoms with Crippen LogP contribution in [0.1, 0.15) is 16.7 Å². The first-order valence-corrected chi connectivity index (χ1v) is 8.66. The molecular weight excluding hydrogens is 314 g/mol. The molecular formula is C19H25N5O. The topological polar surface area (TPSA) is 61.4 Å². The Balaban J connectivity index is 1.53. The number of carbonyl (C=O) groups is 1. The molecule has 1 saturated heterocycles. The summed E-state index contributed by atoms with van der Waals surface area (Å²) in [7, 11) is 0. The Morgan fingerprint density at radius 2 is 1.64 bits per heavy atom. The van der Waals surface area contributed by atoms with Crippen molar-refractivity contribution in [2.75, 3.05) is 42.9 Å². The highest BCUT2D eigenvalue weighted by molar-refractivity contribution is 5.81. The lowest BCUT2D eigenvalue weighted by molar-refractivity contribution is -0.129. The summed E-state index contributed by atoms with van der Waals surface area (Å²) in [6, 6.07) is 6.08. The van der Waals surface area contributed by atoms with Crippen molar-refractivity contribution in [1.82, 2.24) is 14.9 Å². The van der Waals surface area contributed by atoms with E-state index in [1.807, 2.05) is 11.0 Å². The molecule has 1 fully saturated rings. The van der Waals surface area contributed by atoms with Crippen LogP contribution in [-0.2, 0) is 4.79 Å². The third-order valence-electron chi connectivity index (χ3n) is 4.56. The fraction of sp³-hybridized carbons (Fsp3) is 0.421. The Kier molecular flexibility index (Phi) is 5.16. The molecule has 1 N–H and O–H groups in total. The van der Waals surface area contributed by atoms with Crippen LogP contribution < -0.4 is 10.2 Å². The molecule has 25 heavy (non-hydrogen) atoms. The molecule has 132 valence electrons. The maximum absolute atomic E-state index is 12.5. The molecule has 1 aliphatic heterocycles. The number of nitrogens with one attached hydrogen (secondary N) is 1. The van der Waals surface area contributed by atoms with Crippen LogP contribution in [0, 0.1) is 20.8 Å². The van der Waals surface area contributed by atoms with Crippen molar-refractivity contribution in [3.05, 3.63) is 47.3 Å². The first-order chi connectivity index (χ1) is 12.0. The lowest BCUT2D eigenvalue weighted by atomic mass is 10.1. The highest BCUT2D eigenvalue weighted by Gasteiger charge is 2.22. The minimum absolute atomic E-state index is 0.132. The van der Waals surface area contributed by atoms with E-state index in [0.717, 1.165) is 24.7 Å². The van der Waals surface area contributed by atoms with Crippen LogP contribution in [0.25, 0.3) is 0 Å². The normalized spacial score (nSPS) is 14.5. The zero-order chi connectivity index (χ0) is 17.8. The van der Waals surface area contributed by atoms with Gasteiger partial charge in [-0.25, -0.2) is 9.97 Å². The Morgan fingerprint density at radius 1 is 1.04 bits per heavy atom. The van der Waals surface area contributed by atoms with Gasteiger partial charge in [0, 0.05) is 44.3 Å². The van der Waals surface area contributed by atoms with Gasteiger partial charge in [-0.3, -0.25) is 4.79 Å². The van der Waals surface area contributed by atoms with Gasteiger partial charge in [-0.15, -0.1) is 0 Å². The minimum Gasteiger partial charge on any atom is -0.376 e. The van der Waals surface area contributed by atoms with Crippen molar-refractivity contribution < 1.29 is 4.79 Å². The molecule has 1 aromatic heterocycles. The van der Waals surface area contributed by atoms with Gasteiger partial charge in [-0.05, 0) is 38.0 Å². The second-order valence-corrected chi connectivity index (χ2v) is 6.54. The van der Waals surface area contributed by atoms with E-state index in [1.54, 1.807) is 12.4 Å². The van der Waals surface area contributed by atoms with Gasteiger partial charge in [-0.2, -0.15) is 0 Å². The molecule has 0 unspecified atom stereocenters. The average Bonchev–Trinajstić information content (AvgIpc) is 2.61. The molecule has 1 aromatic carbocycles. The highest BCUT2D eigenvalue weighted by atomic mass is 16.2. The molecule has 0 aliphatic carbocycles. The smallest absolute Gasteiger partial charge is 0.241 e. The van der Waals surface area contributed by atoms with Gasteiger partial charge in [0.05, 0.1) is 6.54 Å². The number of anilines is 2. The standard InChI is InChI=1S/C19H25N5O/c1-14-11-15(2)18(16(3)12-14)22-13-17(25)23-7-9-24(10-8-23)19-20-5-4-6-21-19/h4-6,11-12,22H,7-10,13H2,1-3H3. The van der Waals surface area contributed by atoms with Gasteiger partial charge in [0.1, 0.15) is 0 Å². The van der Waals surface area contributed by atoms with E-state index in [4.69, 9.17) is 0 Å². The Labute approximate surface area is 148 Å². The number of rotatable bonds is 4. The van der Waals surface area contributed by atoms with Crippen LogP contribution >= 0.6 is 0 Å². The summed E-state index contributed by atoms with van der Waals surface area (Å²) in [4.78, 5) is 25.1. The van der Waals surface area contributed by atoms with E-state index in [-0.39, 0.29) is 5.91 Å². The minimum atomic E-state index is 0.132. The van der Waals surface area contributed by atoms with Gasteiger partial charge < -0.3 is 15.1 Å². The SMILES string of the molecule is Cc1cc(C)c(NCC(=O)N2CCN(c3ncccn3)CC2)c(C)c1. The van der Waals surface area contributed by atoms with E-state index in [0.29, 0.717) is 19.6 Å². The van der Waals surface area contributed by atoms with Gasteiger partial charge >= 0.3 is 0 Å². The predicted molar refractivity (Wildman–Crippen MR) is 100.0 cm³/mol. The molecule has 2 aromatic rings. The number of nitrogens with zero attached hydrogens (tertiary/aromatic N) is 4. The molecule has 0 atom stereocenters. The quantitative estimate of drug-likeness (QED) is 0.925. The summed E-state index contributed by atoms with van der Waals surface area (Å²) in [6.07, 6.45) is 3.49. The van der Waals surface area contributed by atoms with Crippen LogP contribution in [-0.4, -0.2) is 53.5 Å². The number of carbonyl (C=O) groups excluding carboxylic acids is 1. The molecule has 0 bridgehead atoms. The fourth-order valence-corrected chi connectivity index (χ4v) is 3.35. The average molecular weight is 339 g/mol. The molecule has 2 heterocycles. The molecule has 6 nitrogen and oxygen atoms in total.